The molecule has 0 aromatic carbocycles. The molecule has 0 aliphatic carbocycles. The molecular weight excluding hydrogens is 254 g/mol. The largest absolute Gasteiger partial charge is 0.465 e. The Morgan fingerprint density at radius 3 is 2.65 bits per heavy atom. The topological polar surface area (TPSA) is 64.1 Å². The Hall–Kier alpha value is -2.43. The maximum atomic E-state index is 11.5. The maximum absolute atomic E-state index is 11.5. The van der Waals surface area contributed by atoms with Crippen molar-refractivity contribution in [1.82, 2.24) is 9.97 Å². The van der Waals surface area contributed by atoms with Crippen molar-refractivity contribution in [1.29, 1.82) is 0 Å². The van der Waals surface area contributed by atoms with Crippen LogP contribution in [0.15, 0.2) is 36.7 Å². The predicted octanol–water partition coefficient (Wildman–Crippen LogP) is 2.23. The highest BCUT2D eigenvalue weighted by molar-refractivity contribution is 5.90. The lowest BCUT2D eigenvalue weighted by Gasteiger charge is -2.08. The molecule has 0 fully saturated rings. The SMILES string of the molecule is COC(=O)c1ccc(NCCc2ccncc2)nc1C. The van der Waals surface area contributed by atoms with Crippen LogP contribution < -0.4 is 5.32 Å². The third-order valence-corrected chi connectivity index (χ3v) is 2.96. The van der Waals surface area contributed by atoms with E-state index >= 15 is 0 Å². The van der Waals surface area contributed by atoms with Crippen molar-refractivity contribution < 1.29 is 9.53 Å². The van der Waals surface area contributed by atoms with Crippen molar-refractivity contribution in [2.24, 2.45) is 0 Å². The molecule has 5 nitrogen and oxygen atoms in total. The second-order valence-electron chi connectivity index (χ2n) is 4.35. The molecule has 0 unspecified atom stereocenters. The number of pyridine rings is 2. The van der Waals surface area contributed by atoms with Gasteiger partial charge in [-0.2, -0.15) is 0 Å². The Kier molecular flexibility index (Phi) is 4.65. The summed E-state index contributed by atoms with van der Waals surface area (Å²) in [4.78, 5) is 19.8. The number of anilines is 1. The molecule has 2 aromatic rings. The summed E-state index contributed by atoms with van der Waals surface area (Å²) in [5.74, 6) is 0.391. The van der Waals surface area contributed by atoms with Gasteiger partial charge in [-0.1, -0.05) is 0 Å². The zero-order valence-corrected chi connectivity index (χ0v) is 11.6. The van der Waals surface area contributed by atoms with Gasteiger partial charge < -0.3 is 10.1 Å². The minimum atomic E-state index is -0.363. The van der Waals surface area contributed by atoms with Gasteiger partial charge in [-0.3, -0.25) is 4.98 Å². The number of esters is 1. The lowest BCUT2D eigenvalue weighted by Crippen LogP contribution is -2.10. The minimum Gasteiger partial charge on any atom is -0.465 e. The Bertz CT molecular complexity index is 585. The molecule has 104 valence electrons. The fourth-order valence-electron chi connectivity index (χ4n) is 1.87. The van der Waals surface area contributed by atoms with Gasteiger partial charge in [-0.15, -0.1) is 0 Å². The summed E-state index contributed by atoms with van der Waals surface area (Å²) >= 11 is 0. The van der Waals surface area contributed by atoms with E-state index < -0.39 is 0 Å². The normalized spacial score (nSPS) is 10.1. The first kappa shape index (κ1) is 14.0. The van der Waals surface area contributed by atoms with Gasteiger partial charge >= 0.3 is 5.97 Å². The Balaban J connectivity index is 1.94. The average Bonchev–Trinajstić information content (AvgIpc) is 2.48. The third-order valence-electron chi connectivity index (χ3n) is 2.96. The Labute approximate surface area is 118 Å². The number of carbonyl (C=O) groups excluding carboxylic acids is 1. The molecule has 5 heteroatoms. The van der Waals surface area contributed by atoms with Crippen molar-refractivity contribution in [3.63, 3.8) is 0 Å². The number of aromatic nitrogens is 2. The van der Waals surface area contributed by atoms with Crippen LogP contribution in [0.1, 0.15) is 21.6 Å². The molecule has 0 aliphatic rings. The van der Waals surface area contributed by atoms with Gasteiger partial charge in [0.25, 0.3) is 0 Å². The van der Waals surface area contributed by atoms with E-state index in [0.29, 0.717) is 11.3 Å². The van der Waals surface area contributed by atoms with Crippen molar-refractivity contribution in [3.8, 4) is 0 Å². The number of hydrogen-bond donors (Lipinski definition) is 1. The monoisotopic (exact) mass is 271 g/mol. The minimum absolute atomic E-state index is 0.363. The summed E-state index contributed by atoms with van der Waals surface area (Å²) in [5, 5.41) is 3.23. The standard InChI is InChI=1S/C15H17N3O2/c1-11-13(15(19)20-2)3-4-14(18-11)17-10-7-12-5-8-16-9-6-12/h3-6,8-9H,7,10H2,1-2H3,(H,17,18). The van der Waals surface area contributed by atoms with E-state index in [1.807, 2.05) is 12.1 Å². The second-order valence-corrected chi connectivity index (χ2v) is 4.35. The summed E-state index contributed by atoms with van der Waals surface area (Å²) in [7, 11) is 1.36. The van der Waals surface area contributed by atoms with E-state index in [1.165, 1.54) is 12.7 Å². The highest BCUT2D eigenvalue weighted by Crippen LogP contribution is 2.11. The number of nitrogens with zero attached hydrogens (tertiary/aromatic N) is 2. The number of nitrogens with one attached hydrogen (secondary N) is 1. The number of carbonyl (C=O) groups is 1. The summed E-state index contributed by atoms with van der Waals surface area (Å²) < 4.78 is 4.69. The van der Waals surface area contributed by atoms with Crippen LogP contribution in [0.5, 0.6) is 0 Å². The van der Waals surface area contributed by atoms with Gasteiger partial charge in [0.05, 0.1) is 18.4 Å². The highest BCUT2D eigenvalue weighted by atomic mass is 16.5. The van der Waals surface area contributed by atoms with E-state index in [2.05, 4.69) is 15.3 Å². The molecule has 0 atom stereocenters. The fraction of sp³-hybridized carbons (Fsp3) is 0.267. The van der Waals surface area contributed by atoms with Crippen LogP contribution in [-0.4, -0.2) is 29.6 Å². The molecule has 2 rings (SSSR count). The van der Waals surface area contributed by atoms with Gasteiger partial charge in [0.1, 0.15) is 5.82 Å². The number of methoxy groups -OCH3 is 1. The zero-order valence-electron chi connectivity index (χ0n) is 11.6. The number of aryl methyl sites for hydroxylation is 1. The number of ether oxygens (including phenoxy) is 1. The maximum Gasteiger partial charge on any atom is 0.339 e. The van der Waals surface area contributed by atoms with Gasteiger partial charge in [0, 0.05) is 18.9 Å². The summed E-state index contributed by atoms with van der Waals surface area (Å²) in [5.41, 5.74) is 2.37. The first-order valence-electron chi connectivity index (χ1n) is 6.39. The molecule has 0 spiro atoms. The highest BCUT2D eigenvalue weighted by Gasteiger charge is 2.10. The molecule has 0 saturated carbocycles. The molecule has 2 heterocycles. The van der Waals surface area contributed by atoms with Crippen LogP contribution in [0.25, 0.3) is 0 Å². The first-order chi connectivity index (χ1) is 9.70. The lowest BCUT2D eigenvalue weighted by atomic mass is 10.2. The van der Waals surface area contributed by atoms with Gasteiger partial charge in [0.2, 0.25) is 0 Å². The van der Waals surface area contributed by atoms with E-state index in [1.54, 1.807) is 31.5 Å². The zero-order chi connectivity index (χ0) is 14.4. The lowest BCUT2D eigenvalue weighted by molar-refractivity contribution is 0.0599. The predicted molar refractivity (Wildman–Crippen MR) is 76.7 cm³/mol. The van der Waals surface area contributed by atoms with Crippen molar-refractivity contribution in [2.75, 3.05) is 19.0 Å². The summed E-state index contributed by atoms with van der Waals surface area (Å²) in [6.07, 6.45) is 4.45. The van der Waals surface area contributed by atoms with Crippen molar-refractivity contribution >= 4 is 11.8 Å². The van der Waals surface area contributed by atoms with Crippen LogP contribution in [0.2, 0.25) is 0 Å². The molecule has 0 saturated heterocycles. The second kappa shape index (κ2) is 6.65. The average molecular weight is 271 g/mol. The molecule has 0 aliphatic heterocycles. The van der Waals surface area contributed by atoms with E-state index in [-0.39, 0.29) is 5.97 Å². The molecule has 20 heavy (non-hydrogen) atoms. The molecular formula is C15H17N3O2. The van der Waals surface area contributed by atoms with E-state index in [9.17, 15) is 4.79 Å². The van der Waals surface area contributed by atoms with Crippen LogP contribution in [-0.2, 0) is 11.2 Å². The fourth-order valence-corrected chi connectivity index (χ4v) is 1.87. The van der Waals surface area contributed by atoms with Crippen LogP contribution >= 0.6 is 0 Å². The van der Waals surface area contributed by atoms with Crippen LogP contribution in [0.3, 0.4) is 0 Å². The summed E-state index contributed by atoms with van der Waals surface area (Å²) in [6, 6.07) is 7.48. The Morgan fingerprint density at radius 2 is 2.00 bits per heavy atom. The number of hydrogen-bond acceptors (Lipinski definition) is 5. The molecule has 0 radical (unpaired) electrons. The van der Waals surface area contributed by atoms with E-state index in [4.69, 9.17) is 4.74 Å². The van der Waals surface area contributed by atoms with Gasteiger partial charge in [-0.25, -0.2) is 9.78 Å². The van der Waals surface area contributed by atoms with Gasteiger partial charge in [0.15, 0.2) is 0 Å². The van der Waals surface area contributed by atoms with Crippen molar-refractivity contribution in [2.45, 2.75) is 13.3 Å². The van der Waals surface area contributed by atoms with E-state index in [0.717, 1.165) is 18.8 Å². The van der Waals surface area contributed by atoms with Gasteiger partial charge in [-0.05, 0) is 43.2 Å². The number of rotatable bonds is 5. The van der Waals surface area contributed by atoms with Crippen LogP contribution in [0.4, 0.5) is 5.82 Å². The van der Waals surface area contributed by atoms with Crippen molar-refractivity contribution in [3.05, 3.63) is 53.5 Å². The van der Waals surface area contributed by atoms with Crippen LogP contribution in [0, 0.1) is 6.92 Å². The smallest absolute Gasteiger partial charge is 0.339 e. The Morgan fingerprint density at radius 1 is 1.25 bits per heavy atom. The quantitative estimate of drug-likeness (QED) is 0.845. The molecule has 1 N–H and O–H groups in total. The third kappa shape index (κ3) is 3.54. The molecule has 0 bridgehead atoms. The molecule has 0 amide bonds. The first-order valence-corrected chi connectivity index (χ1v) is 6.39. The summed E-state index contributed by atoms with van der Waals surface area (Å²) in [6.45, 7) is 2.56. The molecule has 2 aromatic heterocycles.